The van der Waals surface area contributed by atoms with Gasteiger partial charge >= 0.3 is 0 Å². The van der Waals surface area contributed by atoms with Crippen LogP contribution in [0.2, 0.25) is 0 Å². The predicted molar refractivity (Wildman–Crippen MR) is 110 cm³/mol. The van der Waals surface area contributed by atoms with E-state index in [4.69, 9.17) is 4.74 Å². The van der Waals surface area contributed by atoms with E-state index < -0.39 is 0 Å². The fourth-order valence-corrected chi connectivity index (χ4v) is 3.51. The third-order valence-corrected chi connectivity index (χ3v) is 5.08. The molecule has 1 fully saturated rings. The van der Waals surface area contributed by atoms with E-state index >= 15 is 0 Å². The van der Waals surface area contributed by atoms with Crippen LogP contribution in [0.5, 0.6) is 0 Å². The molecule has 3 rings (SSSR count). The second kappa shape index (κ2) is 8.57. The van der Waals surface area contributed by atoms with Crippen molar-refractivity contribution in [2.24, 2.45) is 0 Å². The average Bonchev–Trinajstić information content (AvgIpc) is 2.68. The first kappa shape index (κ1) is 20.1. The molecule has 1 atom stereocenters. The Labute approximate surface area is 166 Å². The van der Waals surface area contributed by atoms with Crippen molar-refractivity contribution in [3.05, 3.63) is 65.7 Å². The summed E-state index contributed by atoms with van der Waals surface area (Å²) in [6, 6.07) is 17.2. The number of morpholine rings is 1. The van der Waals surface area contributed by atoms with Gasteiger partial charge in [0.25, 0.3) is 5.91 Å². The van der Waals surface area contributed by atoms with Crippen molar-refractivity contribution in [2.45, 2.75) is 38.7 Å². The van der Waals surface area contributed by atoms with Crippen molar-refractivity contribution < 1.29 is 14.3 Å². The van der Waals surface area contributed by atoms with Gasteiger partial charge in [0.15, 0.2) is 0 Å². The smallest absolute Gasteiger partial charge is 0.254 e. The largest absolute Gasteiger partial charge is 0.375 e. The Morgan fingerprint density at radius 2 is 1.89 bits per heavy atom. The van der Waals surface area contributed by atoms with E-state index in [1.807, 2.05) is 43.3 Å². The fraction of sp³-hybridized carbons (Fsp3) is 0.391. The van der Waals surface area contributed by atoms with E-state index in [0.717, 1.165) is 5.56 Å². The molecule has 0 spiro atoms. The first-order valence-corrected chi connectivity index (χ1v) is 9.71. The molecule has 1 aliphatic rings. The van der Waals surface area contributed by atoms with Crippen LogP contribution in [-0.2, 0) is 14.9 Å². The maximum atomic E-state index is 12.8. The van der Waals surface area contributed by atoms with E-state index in [1.165, 1.54) is 0 Å². The number of carbonyl (C=O) groups excluding carboxylic acids is 2. The summed E-state index contributed by atoms with van der Waals surface area (Å²) in [6.45, 7) is 7.80. The van der Waals surface area contributed by atoms with Gasteiger partial charge in [0, 0.05) is 30.8 Å². The molecule has 148 valence electrons. The molecular formula is C23H28N2O3. The number of nitrogens with one attached hydrogen (secondary N) is 1. The summed E-state index contributed by atoms with van der Waals surface area (Å²) in [4.78, 5) is 27.2. The maximum absolute atomic E-state index is 12.8. The molecular weight excluding hydrogens is 352 g/mol. The highest BCUT2D eigenvalue weighted by Gasteiger charge is 2.25. The Kier molecular flexibility index (Phi) is 6.15. The van der Waals surface area contributed by atoms with Crippen molar-refractivity contribution in [3.63, 3.8) is 0 Å². The summed E-state index contributed by atoms with van der Waals surface area (Å²) in [5.74, 6) is -0.102. The Morgan fingerprint density at radius 1 is 1.14 bits per heavy atom. The zero-order chi connectivity index (χ0) is 20.1. The Morgan fingerprint density at radius 3 is 2.61 bits per heavy atom. The van der Waals surface area contributed by atoms with Gasteiger partial charge in [-0.3, -0.25) is 9.59 Å². The lowest BCUT2D eigenvalue weighted by Crippen LogP contribution is -2.44. The van der Waals surface area contributed by atoms with Crippen molar-refractivity contribution in [3.8, 4) is 0 Å². The SMILES string of the molecule is CC1CN(C(=O)c2cccc(NC(=O)CC(C)(C)c3ccccc3)c2)CCO1. The number of rotatable bonds is 5. The third kappa shape index (κ3) is 4.98. The van der Waals surface area contributed by atoms with E-state index in [0.29, 0.717) is 37.4 Å². The monoisotopic (exact) mass is 380 g/mol. The number of carbonyl (C=O) groups is 2. The zero-order valence-electron chi connectivity index (χ0n) is 16.8. The normalized spacial score (nSPS) is 17.2. The van der Waals surface area contributed by atoms with Crippen LogP contribution in [-0.4, -0.2) is 42.5 Å². The number of hydrogen-bond acceptors (Lipinski definition) is 3. The minimum atomic E-state index is -0.275. The summed E-state index contributed by atoms with van der Waals surface area (Å²) >= 11 is 0. The molecule has 0 aliphatic carbocycles. The number of anilines is 1. The first-order chi connectivity index (χ1) is 13.3. The summed E-state index contributed by atoms with van der Waals surface area (Å²) in [6.07, 6.45) is 0.400. The topological polar surface area (TPSA) is 58.6 Å². The van der Waals surface area contributed by atoms with Crippen LogP contribution in [0.3, 0.4) is 0 Å². The lowest BCUT2D eigenvalue weighted by atomic mass is 9.81. The molecule has 0 bridgehead atoms. The third-order valence-electron chi connectivity index (χ3n) is 5.08. The summed E-state index contributed by atoms with van der Waals surface area (Å²) in [7, 11) is 0. The lowest BCUT2D eigenvalue weighted by Gasteiger charge is -2.31. The molecule has 2 amide bonds. The minimum Gasteiger partial charge on any atom is -0.375 e. The van der Waals surface area contributed by atoms with Crippen LogP contribution >= 0.6 is 0 Å². The van der Waals surface area contributed by atoms with Crippen LogP contribution in [0.4, 0.5) is 5.69 Å². The maximum Gasteiger partial charge on any atom is 0.254 e. The van der Waals surface area contributed by atoms with Gasteiger partial charge in [0.05, 0.1) is 12.7 Å². The Balaban J connectivity index is 1.65. The highest BCUT2D eigenvalue weighted by atomic mass is 16.5. The van der Waals surface area contributed by atoms with Crippen LogP contribution in [0.1, 0.15) is 43.1 Å². The molecule has 5 nitrogen and oxygen atoms in total. The van der Waals surface area contributed by atoms with Gasteiger partial charge in [-0.15, -0.1) is 0 Å². The predicted octanol–water partition coefficient (Wildman–Crippen LogP) is 3.85. The van der Waals surface area contributed by atoms with Crippen LogP contribution < -0.4 is 5.32 Å². The molecule has 0 radical (unpaired) electrons. The second-order valence-electron chi connectivity index (χ2n) is 7.99. The molecule has 1 saturated heterocycles. The van der Waals surface area contributed by atoms with E-state index in [9.17, 15) is 9.59 Å². The molecule has 2 aromatic rings. The van der Waals surface area contributed by atoms with Crippen LogP contribution in [0.25, 0.3) is 0 Å². The van der Waals surface area contributed by atoms with Gasteiger partial charge in [-0.2, -0.15) is 0 Å². The molecule has 2 aromatic carbocycles. The van der Waals surface area contributed by atoms with Crippen molar-refractivity contribution in [1.82, 2.24) is 4.90 Å². The van der Waals surface area contributed by atoms with Gasteiger partial charge in [-0.05, 0) is 36.1 Å². The summed E-state index contributed by atoms with van der Waals surface area (Å²) in [5.41, 5.74) is 2.06. The van der Waals surface area contributed by atoms with Gasteiger partial charge in [-0.25, -0.2) is 0 Å². The number of benzene rings is 2. The number of nitrogens with zero attached hydrogens (tertiary/aromatic N) is 1. The van der Waals surface area contributed by atoms with Gasteiger partial charge in [-0.1, -0.05) is 50.2 Å². The van der Waals surface area contributed by atoms with Crippen molar-refractivity contribution >= 4 is 17.5 Å². The fourth-order valence-electron chi connectivity index (χ4n) is 3.51. The lowest BCUT2D eigenvalue weighted by molar-refractivity contribution is -0.117. The standard InChI is InChI=1S/C23H28N2O3/c1-17-16-25(12-13-28-17)22(27)18-8-7-11-20(14-18)24-21(26)15-23(2,3)19-9-5-4-6-10-19/h4-11,14,17H,12-13,15-16H2,1-3H3,(H,24,26). The highest BCUT2D eigenvalue weighted by Crippen LogP contribution is 2.27. The average molecular weight is 380 g/mol. The Hall–Kier alpha value is -2.66. The number of ether oxygens (including phenoxy) is 1. The quantitative estimate of drug-likeness (QED) is 0.857. The summed E-state index contributed by atoms with van der Waals surface area (Å²) < 4.78 is 5.50. The van der Waals surface area contributed by atoms with Gasteiger partial charge in [0.1, 0.15) is 0 Å². The highest BCUT2D eigenvalue weighted by molar-refractivity contribution is 5.97. The van der Waals surface area contributed by atoms with Crippen LogP contribution in [0.15, 0.2) is 54.6 Å². The number of hydrogen-bond donors (Lipinski definition) is 1. The van der Waals surface area contributed by atoms with Gasteiger partial charge in [0.2, 0.25) is 5.91 Å². The summed E-state index contributed by atoms with van der Waals surface area (Å²) in [5, 5.41) is 2.94. The molecule has 0 saturated carbocycles. The van der Waals surface area contributed by atoms with E-state index in [1.54, 1.807) is 23.1 Å². The van der Waals surface area contributed by atoms with E-state index in [-0.39, 0.29) is 23.3 Å². The van der Waals surface area contributed by atoms with Gasteiger partial charge < -0.3 is 15.0 Å². The number of amides is 2. The molecule has 28 heavy (non-hydrogen) atoms. The molecule has 1 aliphatic heterocycles. The molecule has 5 heteroatoms. The molecule has 0 aromatic heterocycles. The Bertz CT molecular complexity index is 833. The van der Waals surface area contributed by atoms with Crippen molar-refractivity contribution in [1.29, 1.82) is 0 Å². The first-order valence-electron chi connectivity index (χ1n) is 9.71. The zero-order valence-corrected chi connectivity index (χ0v) is 16.8. The van der Waals surface area contributed by atoms with E-state index in [2.05, 4.69) is 19.2 Å². The molecule has 1 unspecified atom stereocenters. The molecule has 1 heterocycles. The minimum absolute atomic E-state index is 0.0316. The van der Waals surface area contributed by atoms with Crippen molar-refractivity contribution in [2.75, 3.05) is 25.0 Å². The molecule has 1 N–H and O–H groups in total. The second-order valence-corrected chi connectivity index (χ2v) is 7.99. The van der Waals surface area contributed by atoms with Crippen LogP contribution in [0, 0.1) is 0 Å².